The Kier molecular flexibility index (Phi) is 10.2. The molecular weight excluding hydrogens is 466 g/mol. The van der Waals surface area contributed by atoms with E-state index in [4.69, 9.17) is 0 Å². The highest BCUT2D eigenvalue weighted by molar-refractivity contribution is 14.0. The van der Waals surface area contributed by atoms with Crippen LogP contribution in [0.4, 0.5) is 4.39 Å². The van der Waals surface area contributed by atoms with Crippen molar-refractivity contribution in [1.29, 1.82) is 0 Å². The lowest BCUT2D eigenvalue weighted by atomic mass is 10.1. The van der Waals surface area contributed by atoms with Crippen LogP contribution in [0.3, 0.4) is 0 Å². The second kappa shape index (κ2) is 11.8. The fourth-order valence-electron chi connectivity index (χ4n) is 2.09. The number of hydrogen-bond acceptors (Lipinski definition) is 3. The molecule has 1 aromatic heterocycles. The number of thiophene rings is 1. The minimum Gasteiger partial charge on any atom is -0.357 e. The van der Waals surface area contributed by atoms with E-state index in [0.29, 0.717) is 36.7 Å². The van der Waals surface area contributed by atoms with Crippen molar-refractivity contribution in [2.24, 2.45) is 4.99 Å². The van der Waals surface area contributed by atoms with Gasteiger partial charge < -0.3 is 16.0 Å². The van der Waals surface area contributed by atoms with E-state index in [1.165, 1.54) is 6.07 Å². The topological polar surface area (TPSA) is 65.5 Å². The molecule has 1 aromatic carbocycles. The molecule has 142 valence electrons. The van der Waals surface area contributed by atoms with Crippen LogP contribution < -0.4 is 16.0 Å². The minimum atomic E-state index is -0.374. The summed E-state index contributed by atoms with van der Waals surface area (Å²) in [4.78, 5) is 16.5. The molecule has 0 spiro atoms. The largest absolute Gasteiger partial charge is 0.357 e. The second-order valence-electron chi connectivity index (χ2n) is 5.47. The van der Waals surface area contributed by atoms with Crippen LogP contribution in [0.1, 0.15) is 28.4 Å². The Hall–Kier alpha value is -1.68. The number of nitrogens with one attached hydrogen (secondary N) is 3. The molecule has 2 rings (SSSR count). The van der Waals surface area contributed by atoms with Crippen molar-refractivity contribution in [2.45, 2.75) is 20.4 Å². The standard InChI is InChI=1S/C18H23FN4OS.HI/c1-3-20-18(23-11-14-6-9-25-12-14)22-8-7-21-17(24)15-5-4-13(2)16(19)10-15;/h4-6,9-10,12H,3,7-8,11H2,1-2H3,(H,21,24)(H2,20,22,23);1H. The average Bonchev–Trinajstić information content (AvgIpc) is 3.12. The van der Waals surface area contributed by atoms with Crippen LogP contribution in [0.25, 0.3) is 0 Å². The van der Waals surface area contributed by atoms with Gasteiger partial charge in [0.1, 0.15) is 5.82 Å². The third kappa shape index (κ3) is 7.28. The molecule has 26 heavy (non-hydrogen) atoms. The summed E-state index contributed by atoms with van der Waals surface area (Å²) >= 11 is 1.64. The van der Waals surface area contributed by atoms with E-state index < -0.39 is 0 Å². The Labute approximate surface area is 174 Å². The molecule has 5 nitrogen and oxygen atoms in total. The summed E-state index contributed by atoms with van der Waals surface area (Å²) in [6.45, 7) is 5.96. The van der Waals surface area contributed by atoms with Gasteiger partial charge in [-0.2, -0.15) is 11.3 Å². The van der Waals surface area contributed by atoms with Gasteiger partial charge >= 0.3 is 0 Å². The molecule has 0 radical (unpaired) electrons. The van der Waals surface area contributed by atoms with Crippen molar-refractivity contribution < 1.29 is 9.18 Å². The van der Waals surface area contributed by atoms with Crippen LogP contribution in [0, 0.1) is 12.7 Å². The Bertz CT molecular complexity index is 722. The first-order chi connectivity index (χ1) is 12.1. The van der Waals surface area contributed by atoms with Gasteiger partial charge in [0.15, 0.2) is 5.96 Å². The van der Waals surface area contributed by atoms with Crippen LogP contribution in [-0.4, -0.2) is 31.5 Å². The molecular formula is C18H24FIN4OS. The maximum absolute atomic E-state index is 13.5. The third-order valence-corrected chi connectivity index (χ3v) is 4.21. The predicted molar refractivity (Wildman–Crippen MR) is 116 cm³/mol. The van der Waals surface area contributed by atoms with Crippen molar-refractivity contribution in [2.75, 3.05) is 19.6 Å². The molecule has 1 heterocycles. The van der Waals surface area contributed by atoms with Gasteiger partial charge in [-0.05, 0) is 53.9 Å². The Morgan fingerprint density at radius 2 is 1.96 bits per heavy atom. The van der Waals surface area contributed by atoms with E-state index in [-0.39, 0.29) is 35.7 Å². The quantitative estimate of drug-likeness (QED) is 0.242. The molecule has 0 fully saturated rings. The number of guanidine groups is 1. The maximum atomic E-state index is 13.5. The van der Waals surface area contributed by atoms with Gasteiger partial charge in [-0.15, -0.1) is 24.0 Å². The van der Waals surface area contributed by atoms with Crippen molar-refractivity contribution in [3.63, 3.8) is 0 Å². The van der Waals surface area contributed by atoms with Gasteiger partial charge in [-0.3, -0.25) is 4.79 Å². The Morgan fingerprint density at radius 1 is 1.19 bits per heavy atom. The van der Waals surface area contributed by atoms with Crippen LogP contribution >= 0.6 is 35.3 Å². The van der Waals surface area contributed by atoms with Crippen molar-refractivity contribution in [3.8, 4) is 0 Å². The van der Waals surface area contributed by atoms with E-state index in [1.54, 1.807) is 30.4 Å². The summed E-state index contributed by atoms with van der Waals surface area (Å²) in [5, 5.41) is 13.2. The highest BCUT2D eigenvalue weighted by atomic mass is 127. The lowest BCUT2D eigenvalue weighted by Crippen LogP contribution is -2.41. The zero-order chi connectivity index (χ0) is 18.1. The van der Waals surface area contributed by atoms with E-state index in [1.807, 2.05) is 18.4 Å². The maximum Gasteiger partial charge on any atom is 0.251 e. The average molecular weight is 490 g/mol. The number of nitrogens with zero attached hydrogens (tertiary/aromatic N) is 1. The van der Waals surface area contributed by atoms with Crippen molar-refractivity contribution in [3.05, 3.63) is 57.5 Å². The molecule has 0 bridgehead atoms. The summed E-state index contributed by atoms with van der Waals surface area (Å²) in [6, 6.07) is 6.51. The zero-order valence-electron chi connectivity index (χ0n) is 14.8. The summed E-state index contributed by atoms with van der Waals surface area (Å²) in [6.07, 6.45) is 0. The SMILES string of the molecule is CCNC(=NCc1ccsc1)NCCNC(=O)c1ccc(C)c(F)c1.I. The molecule has 0 saturated carbocycles. The zero-order valence-corrected chi connectivity index (χ0v) is 18.0. The van der Waals surface area contributed by atoms with Crippen molar-refractivity contribution >= 4 is 47.2 Å². The molecule has 0 saturated heterocycles. The molecule has 0 aliphatic rings. The molecule has 2 aromatic rings. The number of carbonyl (C=O) groups is 1. The minimum absolute atomic E-state index is 0. The van der Waals surface area contributed by atoms with Gasteiger partial charge in [0, 0.05) is 25.2 Å². The molecule has 3 N–H and O–H groups in total. The third-order valence-electron chi connectivity index (χ3n) is 3.48. The van der Waals surface area contributed by atoms with E-state index >= 15 is 0 Å². The lowest BCUT2D eigenvalue weighted by Gasteiger charge is -2.12. The van der Waals surface area contributed by atoms with Crippen molar-refractivity contribution in [1.82, 2.24) is 16.0 Å². The van der Waals surface area contributed by atoms with Gasteiger partial charge in [-0.25, -0.2) is 9.38 Å². The highest BCUT2D eigenvalue weighted by Crippen LogP contribution is 2.09. The second-order valence-corrected chi connectivity index (χ2v) is 6.25. The van der Waals surface area contributed by atoms with Crippen LogP contribution in [0.15, 0.2) is 40.0 Å². The predicted octanol–water partition coefficient (Wildman–Crippen LogP) is 3.30. The molecule has 0 unspecified atom stereocenters. The Balaban J connectivity index is 0.00000338. The normalized spacial score (nSPS) is 10.8. The van der Waals surface area contributed by atoms with E-state index in [9.17, 15) is 9.18 Å². The number of benzene rings is 1. The number of aryl methyl sites for hydroxylation is 1. The number of carbonyl (C=O) groups excluding carboxylic acids is 1. The van der Waals surface area contributed by atoms with Gasteiger partial charge in [0.25, 0.3) is 5.91 Å². The first-order valence-corrected chi connectivity index (χ1v) is 9.12. The number of rotatable bonds is 7. The van der Waals surface area contributed by atoms with E-state index in [0.717, 1.165) is 12.1 Å². The summed E-state index contributed by atoms with van der Waals surface area (Å²) in [5.41, 5.74) is 2.01. The van der Waals surface area contributed by atoms with Gasteiger partial charge in [0.05, 0.1) is 6.54 Å². The van der Waals surface area contributed by atoms with Crippen LogP contribution in [-0.2, 0) is 6.54 Å². The van der Waals surface area contributed by atoms with Crippen LogP contribution in [0.5, 0.6) is 0 Å². The molecule has 0 aliphatic heterocycles. The molecule has 1 amide bonds. The Morgan fingerprint density at radius 3 is 2.62 bits per heavy atom. The molecule has 0 atom stereocenters. The molecule has 0 aliphatic carbocycles. The number of halogens is 2. The summed E-state index contributed by atoms with van der Waals surface area (Å²) in [7, 11) is 0. The number of hydrogen-bond donors (Lipinski definition) is 3. The monoisotopic (exact) mass is 490 g/mol. The van der Waals surface area contributed by atoms with Gasteiger partial charge in [0.2, 0.25) is 0 Å². The van der Waals surface area contributed by atoms with Crippen LogP contribution in [0.2, 0.25) is 0 Å². The smallest absolute Gasteiger partial charge is 0.251 e. The lowest BCUT2D eigenvalue weighted by molar-refractivity contribution is 0.0954. The van der Waals surface area contributed by atoms with E-state index in [2.05, 4.69) is 26.3 Å². The highest BCUT2D eigenvalue weighted by Gasteiger charge is 2.07. The number of amides is 1. The van der Waals surface area contributed by atoms with Gasteiger partial charge in [-0.1, -0.05) is 6.07 Å². The summed E-state index contributed by atoms with van der Waals surface area (Å²) < 4.78 is 13.5. The summed E-state index contributed by atoms with van der Waals surface area (Å²) in [5.74, 6) is 0.0333. The fraction of sp³-hybridized carbons (Fsp3) is 0.333. The first kappa shape index (κ1) is 22.4. The number of aliphatic imine (C=N–C) groups is 1. The first-order valence-electron chi connectivity index (χ1n) is 8.17. The molecule has 8 heteroatoms. The fourth-order valence-corrected chi connectivity index (χ4v) is 2.75.